The van der Waals surface area contributed by atoms with E-state index in [0.717, 1.165) is 67.0 Å². The van der Waals surface area contributed by atoms with Crippen LogP contribution in [0.15, 0.2) is 77.9 Å². The van der Waals surface area contributed by atoms with Crippen LogP contribution in [-0.4, -0.2) is 50.4 Å². The molecule has 4 aromatic rings. The highest BCUT2D eigenvalue weighted by atomic mass is 16.6. The second-order valence-corrected chi connectivity index (χ2v) is 10.9. The molecule has 2 N–H and O–H groups in total. The molecule has 0 aliphatic carbocycles. The number of benzene rings is 3. The van der Waals surface area contributed by atoms with Crippen molar-refractivity contribution in [2.75, 3.05) is 18.4 Å². The molecule has 218 valence electrons. The summed E-state index contributed by atoms with van der Waals surface area (Å²) in [6, 6.07) is 20.0. The van der Waals surface area contributed by atoms with Crippen molar-refractivity contribution >= 4 is 34.6 Å². The zero-order valence-electron chi connectivity index (χ0n) is 23.9. The van der Waals surface area contributed by atoms with Crippen molar-refractivity contribution in [3.63, 3.8) is 0 Å². The number of likely N-dealkylation sites (tertiary alicyclic amines) is 1. The molecule has 0 bridgehead atoms. The summed E-state index contributed by atoms with van der Waals surface area (Å²) in [5.41, 5.74) is 5.90. The van der Waals surface area contributed by atoms with Gasteiger partial charge < -0.3 is 15.2 Å². The molecule has 2 amide bonds. The predicted molar refractivity (Wildman–Crippen MR) is 165 cm³/mol. The van der Waals surface area contributed by atoms with Crippen LogP contribution in [0, 0.1) is 10.1 Å². The Bertz CT molecular complexity index is 1710. The van der Waals surface area contributed by atoms with Crippen LogP contribution in [0.3, 0.4) is 0 Å². The summed E-state index contributed by atoms with van der Waals surface area (Å²) in [7, 11) is 0. The Morgan fingerprint density at radius 1 is 1.09 bits per heavy atom. The van der Waals surface area contributed by atoms with E-state index < -0.39 is 10.8 Å². The van der Waals surface area contributed by atoms with Gasteiger partial charge in [0.15, 0.2) is 0 Å². The lowest BCUT2D eigenvalue weighted by atomic mass is 9.89. The highest BCUT2D eigenvalue weighted by molar-refractivity contribution is 6.24. The van der Waals surface area contributed by atoms with Gasteiger partial charge in [-0.3, -0.25) is 24.7 Å². The number of hydrogen-bond acceptors (Lipinski definition) is 6. The zero-order chi connectivity index (χ0) is 29.9. The van der Waals surface area contributed by atoms with Gasteiger partial charge in [-0.15, -0.1) is 0 Å². The number of nitro benzene ring substituents is 1. The van der Waals surface area contributed by atoms with Gasteiger partial charge in [0, 0.05) is 49.3 Å². The molecule has 10 heteroatoms. The second-order valence-electron chi connectivity index (χ2n) is 10.9. The largest absolute Gasteiger partial charge is 0.343 e. The summed E-state index contributed by atoms with van der Waals surface area (Å²) in [6.07, 6.45) is 5.89. The molecule has 6 rings (SSSR count). The minimum absolute atomic E-state index is 0.0817. The molecule has 3 aromatic carbocycles. The Hall–Kier alpha value is -5.12. The van der Waals surface area contributed by atoms with Crippen LogP contribution in [0.2, 0.25) is 0 Å². The number of carbonyl (C=O) groups is 2. The number of aryl methyl sites for hydroxylation is 2. The molecule has 1 saturated heterocycles. The van der Waals surface area contributed by atoms with Crippen molar-refractivity contribution < 1.29 is 14.5 Å². The number of aromatic amines is 1. The van der Waals surface area contributed by atoms with Gasteiger partial charge in [-0.25, -0.2) is 4.98 Å². The summed E-state index contributed by atoms with van der Waals surface area (Å²) in [6.45, 7) is 3.62. The van der Waals surface area contributed by atoms with Gasteiger partial charge in [-0.1, -0.05) is 43.3 Å². The number of aliphatic imine (C=N–C) groups is 1. The average molecular weight is 577 g/mol. The minimum Gasteiger partial charge on any atom is -0.343 e. The molecular weight excluding hydrogens is 544 g/mol. The molecule has 0 saturated carbocycles. The molecule has 1 atom stereocenters. The number of carbonyl (C=O) groups excluding carboxylic acids is 2. The third-order valence-corrected chi connectivity index (χ3v) is 8.06. The normalized spacial score (nSPS) is 16.4. The molecule has 1 fully saturated rings. The van der Waals surface area contributed by atoms with Crippen molar-refractivity contribution in [2.45, 2.75) is 44.9 Å². The van der Waals surface area contributed by atoms with Crippen molar-refractivity contribution in [1.29, 1.82) is 0 Å². The van der Waals surface area contributed by atoms with E-state index in [2.05, 4.69) is 15.3 Å². The number of anilines is 1. The van der Waals surface area contributed by atoms with Gasteiger partial charge in [-0.2, -0.15) is 0 Å². The van der Waals surface area contributed by atoms with Crippen LogP contribution in [0.5, 0.6) is 0 Å². The molecule has 2 aliphatic heterocycles. The van der Waals surface area contributed by atoms with Crippen LogP contribution in [-0.2, 0) is 22.4 Å². The van der Waals surface area contributed by atoms with Crippen molar-refractivity contribution in [3.05, 3.63) is 106 Å². The molecule has 2 aliphatic rings. The molecule has 0 spiro atoms. The SMILES string of the molecule is CCc1ncc(-c2ccc(N=C(c3ccc(CCCN4CCCC4=O)cc3)C3C(=O)Nc4ccc([N+](=O)[O-])cc43)cc2)[nH]1. The van der Waals surface area contributed by atoms with E-state index in [-0.39, 0.29) is 17.5 Å². The standard InChI is InChI=1S/C33H32N6O4/c1-2-29-34-20-28(36-29)22-11-13-24(14-12-22)35-32(31-26-19-25(39(42)43)15-16-27(26)37-33(31)41)23-9-7-21(8-10-23)5-3-17-38-18-4-6-30(38)40/h7-16,19-20,31H,2-6,17-18H2,1H3,(H,34,36)(H,37,41). The first-order chi connectivity index (χ1) is 20.9. The number of nitrogens with zero attached hydrogens (tertiary/aromatic N) is 4. The predicted octanol–water partition coefficient (Wildman–Crippen LogP) is 5.96. The minimum atomic E-state index is -0.818. The Balaban J connectivity index is 1.31. The monoisotopic (exact) mass is 576 g/mol. The smallest absolute Gasteiger partial charge is 0.269 e. The van der Waals surface area contributed by atoms with E-state index in [4.69, 9.17) is 4.99 Å². The third kappa shape index (κ3) is 5.94. The van der Waals surface area contributed by atoms with E-state index >= 15 is 0 Å². The van der Waals surface area contributed by atoms with E-state index in [9.17, 15) is 19.7 Å². The third-order valence-electron chi connectivity index (χ3n) is 8.06. The van der Waals surface area contributed by atoms with E-state index in [1.807, 2.05) is 60.4 Å². The fourth-order valence-electron chi connectivity index (χ4n) is 5.73. The lowest BCUT2D eigenvalue weighted by molar-refractivity contribution is -0.384. The number of non-ortho nitro benzene ring substituents is 1. The zero-order valence-corrected chi connectivity index (χ0v) is 23.9. The number of nitrogens with one attached hydrogen (secondary N) is 2. The van der Waals surface area contributed by atoms with Crippen LogP contribution >= 0.6 is 0 Å². The molecule has 1 aromatic heterocycles. The molecule has 1 unspecified atom stereocenters. The summed E-state index contributed by atoms with van der Waals surface area (Å²) in [5.74, 6) is 0.0401. The lowest BCUT2D eigenvalue weighted by Crippen LogP contribution is -2.25. The molecule has 10 nitrogen and oxygen atoms in total. The number of hydrogen-bond donors (Lipinski definition) is 2. The van der Waals surface area contributed by atoms with Crippen LogP contribution in [0.25, 0.3) is 11.3 Å². The van der Waals surface area contributed by atoms with Crippen LogP contribution < -0.4 is 5.32 Å². The van der Waals surface area contributed by atoms with Gasteiger partial charge in [0.05, 0.1) is 28.2 Å². The Morgan fingerprint density at radius 2 is 1.88 bits per heavy atom. The quantitative estimate of drug-likeness (QED) is 0.137. The first-order valence-corrected chi connectivity index (χ1v) is 14.6. The van der Waals surface area contributed by atoms with Gasteiger partial charge in [0.2, 0.25) is 11.8 Å². The molecule has 3 heterocycles. The maximum absolute atomic E-state index is 13.3. The number of fused-ring (bicyclic) bond motifs is 1. The summed E-state index contributed by atoms with van der Waals surface area (Å²) >= 11 is 0. The summed E-state index contributed by atoms with van der Waals surface area (Å²) in [4.78, 5) is 50.9. The van der Waals surface area contributed by atoms with Gasteiger partial charge in [0.25, 0.3) is 5.69 Å². The number of rotatable bonds is 10. The molecular formula is C33H32N6O4. The van der Waals surface area contributed by atoms with Crippen LogP contribution in [0.4, 0.5) is 17.1 Å². The first-order valence-electron chi connectivity index (χ1n) is 14.6. The lowest BCUT2D eigenvalue weighted by Gasteiger charge is -2.16. The second kappa shape index (κ2) is 12.0. The fourth-order valence-corrected chi connectivity index (χ4v) is 5.73. The van der Waals surface area contributed by atoms with Crippen LogP contribution in [0.1, 0.15) is 54.6 Å². The van der Waals surface area contributed by atoms with Gasteiger partial charge >= 0.3 is 0 Å². The van der Waals surface area contributed by atoms with E-state index in [1.54, 1.807) is 12.3 Å². The van der Waals surface area contributed by atoms with E-state index in [1.165, 1.54) is 12.1 Å². The van der Waals surface area contributed by atoms with Gasteiger partial charge in [-0.05, 0) is 54.2 Å². The Morgan fingerprint density at radius 3 is 2.56 bits per heavy atom. The number of imidazole rings is 1. The van der Waals surface area contributed by atoms with Gasteiger partial charge in [0.1, 0.15) is 11.7 Å². The number of nitro groups is 1. The van der Waals surface area contributed by atoms with Crippen molar-refractivity contribution in [1.82, 2.24) is 14.9 Å². The Labute approximate surface area is 249 Å². The highest BCUT2D eigenvalue weighted by Gasteiger charge is 2.36. The molecule has 0 radical (unpaired) electrons. The number of amides is 2. The highest BCUT2D eigenvalue weighted by Crippen LogP contribution is 2.38. The fraction of sp³-hybridized carbons (Fsp3) is 0.273. The first kappa shape index (κ1) is 28.0. The number of aromatic nitrogens is 2. The number of H-pyrrole nitrogens is 1. The van der Waals surface area contributed by atoms with E-state index in [0.29, 0.717) is 29.1 Å². The maximum atomic E-state index is 13.3. The van der Waals surface area contributed by atoms with Crippen molar-refractivity contribution in [3.8, 4) is 11.3 Å². The topological polar surface area (TPSA) is 134 Å². The Kier molecular flexibility index (Phi) is 7.83. The maximum Gasteiger partial charge on any atom is 0.269 e. The summed E-state index contributed by atoms with van der Waals surface area (Å²) in [5, 5.41) is 14.4. The average Bonchev–Trinajstić information content (AvgIpc) is 3.74. The summed E-state index contributed by atoms with van der Waals surface area (Å²) < 4.78 is 0. The molecule has 43 heavy (non-hydrogen) atoms. The van der Waals surface area contributed by atoms with Crippen molar-refractivity contribution in [2.24, 2.45) is 4.99 Å².